The maximum Gasteiger partial charge on any atom is 0.250 e. The van der Waals surface area contributed by atoms with Gasteiger partial charge in [0, 0.05) is 28.5 Å². The molecule has 0 fully saturated rings. The van der Waals surface area contributed by atoms with Crippen molar-refractivity contribution < 1.29 is 4.79 Å². The molecule has 1 N–H and O–H groups in total. The number of hydrazone groups is 1. The van der Waals surface area contributed by atoms with Crippen molar-refractivity contribution in [2.45, 2.75) is 5.16 Å². The van der Waals surface area contributed by atoms with Gasteiger partial charge in [0.2, 0.25) is 0 Å². The molecule has 9 heteroatoms. The molecule has 4 aromatic rings. The Morgan fingerprint density at radius 2 is 1.93 bits per heavy atom. The Kier molecular flexibility index (Phi) is 6.08. The van der Waals surface area contributed by atoms with Gasteiger partial charge in [-0.15, -0.1) is 21.5 Å². The molecular weight excluding hydrogens is 404 g/mol. The highest BCUT2D eigenvalue weighted by Crippen LogP contribution is 2.27. The molecule has 0 spiro atoms. The number of pyridine rings is 1. The van der Waals surface area contributed by atoms with Crippen molar-refractivity contribution in [3.8, 4) is 17.1 Å². The molecule has 0 radical (unpaired) electrons. The van der Waals surface area contributed by atoms with Crippen LogP contribution in [0.4, 0.5) is 0 Å². The topological polar surface area (TPSA) is 85.1 Å². The molecule has 0 bridgehead atoms. The number of para-hydroxylation sites is 1. The standard InChI is InChI=1S/C20H16N6OS2/c27-18(23-22-13-17-7-4-12-28-17)14-29-20-25-24-19(15-8-10-21-11-9-15)26(20)16-5-2-1-3-6-16/h1-13H,14H2,(H,23,27)/b22-13+. The van der Waals surface area contributed by atoms with E-state index in [2.05, 4.69) is 25.7 Å². The van der Waals surface area contributed by atoms with Crippen molar-refractivity contribution in [1.82, 2.24) is 25.2 Å². The van der Waals surface area contributed by atoms with E-state index >= 15 is 0 Å². The maximum absolute atomic E-state index is 12.2. The SMILES string of the molecule is O=C(CSc1nnc(-c2ccncc2)n1-c1ccccc1)N/N=C/c1cccs1. The molecule has 0 aliphatic carbocycles. The summed E-state index contributed by atoms with van der Waals surface area (Å²) in [6.07, 6.45) is 5.05. The van der Waals surface area contributed by atoms with Crippen LogP contribution in [0, 0.1) is 0 Å². The summed E-state index contributed by atoms with van der Waals surface area (Å²) in [5.74, 6) is 0.649. The number of rotatable bonds is 7. The molecule has 0 atom stereocenters. The molecule has 0 saturated carbocycles. The summed E-state index contributed by atoms with van der Waals surface area (Å²) >= 11 is 2.86. The van der Waals surface area contributed by atoms with Gasteiger partial charge in [-0.3, -0.25) is 14.3 Å². The maximum atomic E-state index is 12.2. The van der Waals surface area contributed by atoms with Crippen molar-refractivity contribution in [1.29, 1.82) is 0 Å². The Morgan fingerprint density at radius 1 is 1.10 bits per heavy atom. The van der Waals surface area contributed by atoms with Crippen LogP contribution in [-0.4, -0.2) is 37.6 Å². The third-order valence-electron chi connectivity index (χ3n) is 3.84. The van der Waals surface area contributed by atoms with Crippen LogP contribution in [0.15, 0.2) is 82.6 Å². The molecule has 144 valence electrons. The fourth-order valence-electron chi connectivity index (χ4n) is 2.56. The van der Waals surface area contributed by atoms with Crippen LogP contribution in [0.5, 0.6) is 0 Å². The molecule has 3 aromatic heterocycles. The Bertz CT molecular complexity index is 1090. The summed E-state index contributed by atoms with van der Waals surface area (Å²) < 4.78 is 1.93. The van der Waals surface area contributed by atoms with Gasteiger partial charge in [-0.25, -0.2) is 5.43 Å². The van der Waals surface area contributed by atoms with E-state index in [4.69, 9.17) is 0 Å². The van der Waals surface area contributed by atoms with E-state index in [1.54, 1.807) is 29.9 Å². The fourth-order valence-corrected chi connectivity index (χ4v) is 3.89. The lowest BCUT2D eigenvalue weighted by Gasteiger charge is -2.09. The number of nitrogens with zero attached hydrogens (tertiary/aromatic N) is 5. The summed E-state index contributed by atoms with van der Waals surface area (Å²) in [7, 11) is 0. The number of amides is 1. The Labute approximate surface area is 175 Å². The predicted octanol–water partition coefficient (Wildman–Crippen LogP) is 3.63. The number of hydrogen-bond acceptors (Lipinski definition) is 7. The van der Waals surface area contributed by atoms with E-state index in [0.717, 1.165) is 16.1 Å². The molecule has 4 rings (SSSR count). The van der Waals surface area contributed by atoms with Gasteiger partial charge in [-0.1, -0.05) is 36.0 Å². The van der Waals surface area contributed by atoms with Gasteiger partial charge in [0.05, 0.1) is 12.0 Å². The largest absolute Gasteiger partial charge is 0.272 e. The monoisotopic (exact) mass is 420 g/mol. The number of carbonyl (C=O) groups excluding carboxylic acids is 1. The second-order valence-corrected chi connectivity index (χ2v) is 7.73. The van der Waals surface area contributed by atoms with Crippen LogP contribution < -0.4 is 5.43 Å². The Morgan fingerprint density at radius 3 is 2.69 bits per heavy atom. The minimum absolute atomic E-state index is 0.170. The van der Waals surface area contributed by atoms with Crippen LogP contribution in [0.25, 0.3) is 17.1 Å². The smallest absolute Gasteiger partial charge is 0.250 e. The van der Waals surface area contributed by atoms with Crippen molar-refractivity contribution in [2.75, 3.05) is 5.75 Å². The number of thioether (sulfide) groups is 1. The first kappa shape index (κ1) is 19.0. The first-order valence-electron chi connectivity index (χ1n) is 8.71. The molecule has 0 saturated heterocycles. The normalized spacial score (nSPS) is 11.0. The number of nitrogens with one attached hydrogen (secondary N) is 1. The quantitative estimate of drug-likeness (QED) is 0.280. The van der Waals surface area contributed by atoms with Crippen molar-refractivity contribution >= 4 is 35.2 Å². The summed E-state index contributed by atoms with van der Waals surface area (Å²) in [4.78, 5) is 17.2. The van der Waals surface area contributed by atoms with E-state index in [1.807, 2.05) is 64.5 Å². The van der Waals surface area contributed by atoms with Crippen LogP contribution in [0.3, 0.4) is 0 Å². The van der Waals surface area contributed by atoms with Gasteiger partial charge in [-0.2, -0.15) is 5.10 Å². The average molecular weight is 421 g/mol. The van der Waals surface area contributed by atoms with E-state index in [0.29, 0.717) is 11.0 Å². The zero-order valence-corrected chi connectivity index (χ0v) is 16.8. The van der Waals surface area contributed by atoms with Crippen LogP contribution in [-0.2, 0) is 4.79 Å². The minimum atomic E-state index is -0.212. The van der Waals surface area contributed by atoms with Gasteiger partial charge in [0.25, 0.3) is 5.91 Å². The molecule has 0 aliphatic rings. The first-order valence-corrected chi connectivity index (χ1v) is 10.6. The molecule has 29 heavy (non-hydrogen) atoms. The van der Waals surface area contributed by atoms with Gasteiger partial charge in [0.1, 0.15) is 0 Å². The zero-order valence-electron chi connectivity index (χ0n) is 15.2. The van der Waals surface area contributed by atoms with Gasteiger partial charge >= 0.3 is 0 Å². The third-order valence-corrected chi connectivity index (χ3v) is 5.58. The Balaban J connectivity index is 1.51. The lowest BCUT2D eigenvalue weighted by molar-refractivity contribution is -0.118. The van der Waals surface area contributed by atoms with E-state index in [1.165, 1.54) is 11.8 Å². The van der Waals surface area contributed by atoms with E-state index in [-0.39, 0.29) is 11.7 Å². The van der Waals surface area contributed by atoms with Gasteiger partial charge < -0.3 is 0 Å². The lowest BCUT2D eigenvalue weighted by atomic mass is 10.2. The predicted molar refractivity (Wildman–Crippen MR) is 115 cm³/mol. The van der Waals surface area contributed by atoms with Gasteiger partial charge in [-0.05, 0) is 35.7 Å². The van der Waals surface area contributed by atoms with Crippen molar-refractivity contribution in [3.63, 3.8) is 0 Å². The van der Waals surface area contributed by atoms with Crippen molar-refractivity contribution in [2.24, 2.45) is 5.10 Å². The van der Waals surface area contributed by atoms with Crippen molar-refractivity contribution in [3.05, 3.63) is 77.2 Å². The lowest BCUT2D eigenvalue weighted by Crippen LogP contribution is -2.19. The van der Waals surface area contributed by atoms with Gasteiger partial charge in [0.15, 0.2) is 11.0 Å². The van der Waals surface area contributed by atoms with Crippen LogP contribution in [0.2, 0.25) is 0 Å². The fraction of sp³-hybridized carbons (Fsp3) is 0.0500. The number of aromatic nitrogens is 4. The van der Waals surface area contributed by atoms with Crippen LogP contribution >= 0.6 is 23.1 Å². The van der Waals surface area contributed by atoms with E-state index in [9.17, 15) is 4.79 Å². The molecule has 3 heterocycles. The second-order valence-electron chi connectivity index (χ2n) is 5.81. The first-order chi connectivity index (χ1) is 14.3. The highest BCUT2D eigenvalue weighted by Gasteiger charge is 2.17. The van der Waals surface area contributed by atoms with E-state index < -0.39 is 0 Å². The minimum Gasteiger partial charge on any atom is -0.272 e. The highest BCUT2D eigenvalue weighted by molar-refractivity contribution is 7.99. The zero-order chi connectivity index (χ0) is 19.9. The number of hydrogen-bond donors (Lipinski definition) is 1. The number of benzene rings is 1. The molecule has 0 aliphatic heterocycles. The molecular formula is C20H16N6OS2. The summed E-state index contributed by atoms with van der Waals surface area (Å²) in [5, 5.41) is 15.2. The molecule has 1 amide bonds. The molecule has 0 unspecified atom stereocenters. The summed E-state index contributed by atoms with van der Waals surface area (Å²) in [6.45, 7) is 0. The van der Waals surface area contributed by atoms with Crippen LogP contribution in [0.1, 0.15) is 4.88 Å². The second kappa shape index (κ2) is 9.26. The number of carbonyl (C=O) groups is 1. The average Bonchev–Trinajstić information content (AvgIpc) is 3.43. The molecule has 7 nitrogen and oxygen atoms in total. The summed E-state index contributed by atoms with van der Waals surface area (Å²) in [5.41, 5.74) is 4.36. The molecule has 1 aromatic carbocycles. The highest BCUT2D eigenvalue weighted by atomic mass is 32.2. The summed E-state index contributed by atoms with van der Waals surface area (Å²) in [6, 6.07) is 17.4. The third kappa shape index (κ3) is 4.76. The number of thiophene rings is 1. The Hall–Kier alpha value is -3.30.